The molecule has 2 N–H and O–H groups in total. The summed E-state index contributed by atoms with van der Waals surface area (Å²) in [6, 6.07) is 13.3. The van der Waals surface area contributed by atoms with Crippen molar-refractivity contribution >= 4 is 34.6 Å². The number of carboxylic acids is 1. The lowest BCUT2D eigenvalue weighted by atomic mass is 10.1. The molecule has 2 aromatic carbocycles. The van der Waals surface area contributed by atoms with E-state index in [0.29, 0.717) is 18.9 Å². The number of nitrogens with one attached hydrogen (secondary N) is 1. The molecule has 30 heavy (non-hydrogen) atoms. The van der Waals surface area contributed by atoms with Crippen LogP contribution in [0.15, 0.2) is 48.5 Å². The summed E-state index contributed by atoms with van der Waals surface area (Å²) in [7, 11) is 0. The van der Waals surface area contributed by atoms with Gasteiger partial charge in [0.25, 0.3) is 0 Å². The Morgan fingerprint density at radius 3 is 2.53 bits per heavy atom. The molecule has 1 aliphatic rings. The second kappa shape index (κ2) is 8.64. The minimum atomic E-state index is -1.25. The molecule has 0 atom stereocenters. The molecular weight excluding hydrogens is 411 g/mol. The summed E-state index contributed by atoms with van der Waals surface area (Å²) in [6.07, 6.45) is 0. The molecular formula is C21H18ClFN4O3. The Kier molecular flexibility index (Phi) is 5.78. The van der Waals surface area contributed by atoms with Gasteiger partial charge in [-0.15, -0.1) is 10.2 Å². The Hall–Kier alpha value is -3.23. The summed E-state index contributed by atoms with van der Waals surface area (Å²) in [5.74, 6) is -1.82. The summed E-state index contributed by atoms with van der Waals surface area (Å²) < 4.78 is 19.6. The standard InChI is InChI=1S/C21H18ClFN4O3/c22-15-2-1-3-16(23)19(15)17-12-18(20(21(28)29)26-25-17)24-13-4-6-14(7-5-13)27-8-10-30-11-9-27/h1-7,12H,8-11H2,(H,24,25)(H,28,29). The van der Waals surface area contributed by atoms with Crippen molar-refractivity contribution in [3.8, 4) is 11.3 Å². The van der Waals surface area contributed by atoms with E-state index in [0.717, 1.165) is 18.8 Å². The predicted octanol–water partition coefficient (Wildman–Crippen LogP) is 4.21. The molecule has 2 heterocycles. The topological polar surface area (TPSA) is 87.6 Å². The Balaban J connectivity index is 1.65. The molecule has 1 saturated heterocycles. The van der Waals surface area contributed by atoms with Crippen molar-refractivity contribution in [2.24, 2.45) is 0 Å². The number of nitrogens with zero attached hydrogens (tertiary/aromatic N) is 3. The maximum Gasteiger partial charge on any atom is 0.358 e. The summed E-state index contributed by atoms with van der Waals surface area (Å²) in [6.45, 7) is 3.01. The number of carbonyl (C=O) groups is 1. The summed E-state index contributed by atoms with van der Waals surface area (Å²) in [4.78, 5) is 13.8. The monoisotopic (exact) mass is 428 g/mol. The molecule has 1 fully saturated rings. The maximum atomic E-state index is 14.3. The number of aromatic carboxylic acids is 1. The first-order chi connectivity index (χ1) is 14.5. The third-order valence-corrected chi connectivity index (χ3v) is 5.05. The Bertz CT molecular complexity index is 1050. The molecule has 0 spiro atoms. The lowest BCUT2D eigenvalue weighted by Gasteiger charge is -2.29. The molecule has 0 bridgehead atoms. The van der Waals surface area contributed by atoms with E-state index >= 15 is 0 Å². The highest BCUT2D eigenvalue weighted by Gasteiger charge is 2.19. The van der Waals surface area contributed by atoms with Crippen LogP contribution in [0.4, 0.5) is 21.5 Å². The normalized spacial score (nSPS) is 13.9. The molecule has 0 unspecified atom stereocenters. The quantitative estimate of drug-likeness (QED) is 0.629. The van der Waals surface area contributed by atoms with Crippen molar-refractivity contribution in [1.82, 2.24) is 10.2 Å². The van der Waals surface area contributed by atoms with Gasteiger partial charge in [-0.2, -0.15) is 0 Å². The highest BCUT2D eigenvalue weighted by atomic mass is 35.5. The van der Waals surface area contributed by atoms with Gasteiger partial charge in [0.1, 0.15) is 5.82 Å². The zero-order valence-corrected chi connectivity index (χ0v) is 16.6. The predicted molar refractivity (Wildman–Crippen MR) is 112 cm³/mol. The Morgan fingerprint density at radius 2 is 1.87 bits per heavy atom. The number of anilines is 3. The lowest BCUT2D eigenvalue weighted by Crippen LogP contribution is -2.36. The van der Waals surface area contributed by atoms with Crippen LogP contribution in [0.3, 0.4) is 0 Å². The molecule has 4 rings (SSSR count). The van der Waals surface area contributed by atoms with Gasteiger partial charge in [-0.25, -0.2) is 9.18 Å². The number of halogens is 2. The van der Waals surface area contributed by atoms with Crippen molar-refractivity contribution in [3.63, 3.8) is 0 Å². The number of hydrogen-bond acceptors (Lipinski definition) is 6. The van der Waals surface area contributed by atoms with Crippen LogP contribution in [0.1, 0.15) is 10.5 Å². The zero-order valence-electron chi connectivity index (χ0n) is 15.8. The van der Waals surface area contributed by atoms with E-state index < -0.39 is 11.8 Å². The molecule has 0 saturated carbocycles. The molecule has 3 aromatic rings. The second-order valence-corrected chi connectivity index (χ2v) is 7.07. The third kappa shape index (κ3) is 4.19. The minimum Gasteiger partial charge on any atom is -0.476 e. The van der Waals surface area contributed by atoms with Gasteiger partial charge in [-0.3, -0.25) is 0 Å². The van der Waals surface area contributed by atoms with Crippen LogP contribution in [0, 0.1) is 5.82 Å². The van der Waals surface area contributed by atoms with Crippen LogP contribution in [0.2, 0.25) is 5.02 Å². The number of hydrogen-bond donors (Lipinski definition) is 2. The highest BCUT2D eigenvalue weighted by Crippen LogP contribution is 2.32. The van der Waals surface area contributed by atoms with Gasteiger partial charge in [-0.05, 0) is 42.5 Å². The largest absolute Gasteiger partial charge is 0.476 e. The molecule has 1 aliphatic heterocycles. The van der Waals surface area contributed by atoms with Crippen LogP contribution >= 0.6 is 11.6 Å². The summed E-state index contributed by atoms with van der Waals surface area (Å²) in [5.41, 5.74) is 1.82. The first kappa shape index (κ1) is 20.1. The van der Waals surface area contributed by atoms with Gasteiger partial charge in [0, 0.05) is 24.5 Å². The van der Waals surface area contributed by atoms with Gasteiger partial charge in [0.15, 0.2) is 5.69 Å². The Morgan fingerprint density at radius 1 is 1.13 bits per heavy atom. The average Bonchev–Trinajstić information content (AvgIpc) is 2.75. The maximum absolute atomic E-state index is 14.3. The van der Waals surface area contributed by atoms with Crippen LogP contribution in [-0.4, -0.2) is 47.6 Å². The van der Waals surface area contributed by atoms with E-state index in [4.69, 9.17) is 16.3 Å². The summed E-state index contributed by atoms with van der Waals surface area (Å²) in [5, 5.41) is 20.3. The first-order valence-corrected chi connectivity index (χ1v) is 9.66. The van der Waals surface area contributed by atoms with Gasteiger partial charge in [0.2, 0.25) is 0 Å². The molecule has 0 radical (unpaired) electrons. The second-order valence-electron chi connectivity index (χ2n) is 6.66. The lowest BCUT2D eigenvalue weighted by molar-refractivity contribution is 0.0690. The summed E-state index contributed by atoms with van der Waals surface area (Å²) >= 11 is 6.11. The fourth-order valence-corrected chi connectivity index (χ4v) is 3.50. The van der Waals surface area contributed by atoms with Crippen molar-refractivity contribution in [3.05, 3.63) is 65.1 Å². The van der Waals surface area contributed by atoms with E-state index in [2.05, 4.69) is 20.4 Å². The van der Waals surface area contributed by atoms with Crippen LogP contribution in [-0.2, 0) is 4.74 Å². The number of rotatable bonds is 5. The molecule has 0 aliphatic carbocycles. The molecule has 0 amide bonds. The molecule has 1 aromatic heterocycles. The number of carboxylic acid groups (broad SMARTS) is 1. The van der Waals surface area contributed by atoms with E-state index in [1.807, 2.05) is 24.3 Å². The van der Waals surface area contributed by atoms with Gasteiger partial charge >= 0.3 is 5.97 Å². The number of morpholine rings is 1. The zero-order chi connectivity index (χ0) is 21.1. The van der Waals surface area contributed by atoms with Gasteiger partial charge in [0.05, 0.1) is 35.2 Å². The molecule has 9 heteroatoms. The van der Waals surface area contributed by atoms with Crippen molar-refractivity contribution in [2.75, 3.05) is 36.5 Å². The highest BCUT2D eigenvalue weighted by molar-refractivity contribution is 6.33. The average molecular weight is 429 g/mol. The van der Waals surface area contributed by atoms with Crippen molar-refractivity contribution in [2.45, 2.75) is 0 Å². The molecule has 154 valence electrons. The first-order valence-electron chi connectivity index (χ1n) is 9.28. The van der Waals surface area contributed by atoms with E-state index in [9.17, 15) is 14.3 Å². The Labute approximate surface area is 177 Å². The fraction of sp³-hybridized carbons (Fsp3) is 0.190. The third-order valence-electron chi connectivity index (χ3n) is 4.74. The van der Waals surface area contributed by atoms with Crippen LogP contribution in [0.5, 0.6) is 0 Å². The SMILES string of the molecule is O=C(O)c1nnc(-c2c(F)cccc2Cl)cc1Nc1ccc(N2CCOCC2)cc1. The number of benzene rings is 2. The van der Waals surface area contributed by atoms with Crippen LogP contribution < -0.4 is 10.2 Å². The molecule has 7 nitrogen and oxygen atoms in total. The van der Waals surface area contributed by atoms with Crippen LogP contribution in [0.25, 0.3) is 11.3 Å². The van der Waals surface area contributed by atoms with E-state index in [1.165, 1.54) is 24.3 Å². The fourth-order valence-electron chi connectivity index (χ4n) is 3.24. The number of aromatic nitrogens is 2. The minimum absolute atomic E-state index is 0.0642. The van der Waals surface area contributed by atoms with Gasteiger partial charge < -0.3 is 20.1 Å². The van der Waals surface area contributed by atoms with Crippen molar-refractivity contribution in [1.29, 1.82) is 0 Å². The van der Waals surface area contributed by atoms with E-state index in [-0.39, 0.29) is 27.7 Å². The van der Waals surface area contributed by atoms with Crippen molar-refractivity contribution < 1.29 is 19.0 Å². The van der Waals surface area contributed by atoms with E-state index in [1.54, 1.807) is 0 Å². The van der Waals surface area contributed by atoms with Gasteiger partial charge in [-0.1, -0.05) is 17.7 Å². The number of ether oxygens (including phenoxy) is 1. The smallest absolute Gasteiger partial charge is 0.358 e.